The van der Waals surface area contributed by atoms with Gasteiger partial charge in [0.1, 0.15) is 24.0 Å². The van der Waals surface area contributed by atoms with Gasteiger partial charge >= 0.3 is 11.9 Å². The number of sulfonamides is 1. The quantitative estimate of drug-likeness (QED) is 0.501. The SMILES string of the molecule is CCOC(=O)c1oc2ccccc2c1COC(=O)C1CC(O)CN1S(=O)(=O)c1ccc(F)cc1. The zero-order chi connectivity index (χ0) is 24.5. The Kier molecular flexibility index (Phi) is 6.69. The first-order valence-corrected chi connectivity index (χ1v) is 12.0. The molecule has 0 amide bonds. The molecular weight excluding hydrogens is 469 g/mol. The number of hydrogen-bond acceptors (Lipinski definition) is 8. The van der Waals surface area contributed by atoms with Crippen LogP contribution in [0.5, 0.6) is 0 Å². The molecule has 9 nitrogen and oxygen atoms in total. The highest BCUT2D eigenvalue weighted by Crippen LogP contribution is 2.30. The third-order valence-electron chi connectivity index (χ3n) is 5.44. The average Bonchev–Trinajstić information content (AvgIpc) is 3.39. The van der Waals surface area contributed by atoms with Crippen LogP contribution in [-0.4, -0.2) is 55.1 Å². The Morgan fingerprint density at radius 3 is 2.56 bits per heavy atom. The molecule has 1 aliphatic rings. The van der Waals surface area contributed by atoms with Crippen molar-refractivity contribution >= 4 is 32.9 Å². The van der Waals surface area contributed by atoms with Crippen molar-refractivity contribution in [2.24, 2.45) is 0 Å². The number of hydrogen-bond donors (Lipinski definition) is 1. The van der Waals surface area contributed by atoms with Crippen molar-refractivity contribution in [1.29, 1.82) is 0 Å². The van der Waals surface area contributed by atoms with Crippen LogP contribution in [0, 0.1) is 5.82 Å². The van der Waals surface area contributed by atoms with Crippen molar-refractivity contribution in [3.8, 4) is 0 Å². The minimum absolute atomic E-state index is 0.113. The van der Waals surface area contributed by atoms with Crippen molar-refractivity contribution in [3.05, 3.63) is 65.7 Å². The molecule has 3 aromatic rings. The summed E-state index contributed by atoms with van der Waals surface area (Å²) in [5.74, 6) is -2.34. The minimum atomic E-state index is -4.21. The maximum absolute atomic E-state index is 13.2. The molecule has 2 unspecified atom stereocenters. The normalized spacial score (nSPS) is 18.8. The Labute approximate surface area is 194 Å². The van der Waals surface area contributed by atoms with Crippen molar-refractivity contribution in [3.63, 3.8) is 0 Å². The fourth-order valence-corrected chi connectivity index (χ4v) is 5.48. The number of benzene rings is 2. The third kappa shape index (κ3) is 4.54. The summed E-state index contributed by atoms with van der Waals surface area (Å²) in [5, 5.41) is 10.6. The van der Waals surface area contributed by atoms with Gasteiger partial charge in [-0.1, -0.05) is 18.2 Å². The van der Waals surface area contributed by atoms with E-state index in [9.17, 15) is 27.5 Å². The molecule has 0 bridgehead atoms. The number of ether oxygens (including phenoxy) is 2. The van der Waals surface area contributed by atoms with E-state index in [1.54, 1.807) is 31.2 Å². The van der Waals surface area contributed by atoms with E-state index in [-0.39, 0.29) is 42.4 Å². The number of fused-ring (bicyclic) bond motifs is 1. The Hall–Kier alpha value is -3.28. The highest BCUT2D eigenvalue weighted by atomic mass is 32.2. The predicted molar refractivity (Wildman–Crippen MR) is 117 cm³/mol. The lowest BCUT2D eigenvalue weighted by Gasteiger charge is -2.22. The molecule has 11 heteroatoms. The van der Waals surface area contributed by atoms with Crippen molar-refractivity contribution in [2.45, 2.75) is 37.0 Å². The van der Waals surface area contributed by atoms with Crippen LogP contribution in [0.25, 0.3) is 11.0 Å². The summed E-state index contributed by atoms with van der Waals surface area (Å²) in [5.41, 5.74) is 0.683. The van der Waals surface area contributed by atoms with Gasteiger partial charge in [-0.25, -0.2) is 17.6 Å². The number of esters is 2. The van der Waals surface area contributed by atoms with Gasteiger partial charge in [-0.3, -0.25) is 4.79 Å². The standard InChI is InChI=1S/C23H22FNO8S/c1-2-31-23(28)21-18(17-5-3-4-6-20(17)33-21)13-32-22(27)19-11-15(26)12-25(19)34(29,30)16-9-7-14(24)8-10-16/h3-10,15,19,26H,2,11-13H2,1H3. The second-order valence-electron chi connectivity index (χ2n) is 7.67. The van der Waals surface area contributed by atoms with Crippen LogP contribution in [0.15, 0.2) is 57.8 Å². The van der Waals surface area contributed by atoms with E-state index >= 15 is 0 Å². The molecule has 2 atom stereocenters. The summed E-state index contributed by atoms with van der Waals surface area (Å²) in [6, 6.07) is 9.64. The second kappa shape index (κ2) is 9.53. The first kappa shape index (κ1) is 23.9. The molecule has 1 aromatic heterocycles. The predicted octanol–water partition coefficient (Wildman–Crippen LogP) is 2.62. The lowest BCUT2D eigenvalue weighted by atomic mass is 10.1. The number of β-amino-alcohol motifs (C(OH)–C–C–N with tert-alkyl or cyclic N) is 1. The second-order valence-corrected chi connectivity index (χ2v) is 9.56. The van der Waals surface area contributed by atoms with Gasteiger partial charge in [-0.05, 0) is 37.3 Å². The lowest BCUT2D eigenvalue weighted by molar-refractivity contribution is -0.148. The number of carbonyl (C=O) groups is 2. The number of carbonyl (C=O) groups excluding carboxylic acids is 2. The van der Waals surface area contributed by atoms with Crippen molar-refractivity contribution < 1.29 is 41.4 Å². The Morgan fingerprint density at radius 1 is 1.15 bits per heavy atom. The van der Waals surface area contributed by atoms with Gasteiger partial charge in [0.25, 0.3) is 0 Å². The van der Waals surface area contributed by atoms with Crippen LogP contribution < -0.4 is 0 Å². The highest BCUT2D eigenvalue weighted by molar-refractivity contribution is 7.89. The fourth-order valence-electron chi connectivity index (χ4n) is 3.85. The molecule has 0 aliphatic carbocycles. The van der Waals surface area contributed by atoms with Gasteiger partial charge in [0.15, 0.2) is 0 Å². The van der Waals surface area contributed by atoms with Gasteiger partial charge in [-0.2, -0.15) is 4.31 Å². The molecule has 2 heterocycles. The van der Waals surface area contributed by atoms with Gasteiger partial charge in [-0.15, -0.1) is 0 Å². The number of halogens is 1. The summed E-state index contributed by atoms with van der Waals surface area (Å²) in [6.07, 6.45) is -1.26. The summed E-state index contributed by atoms with van der Waals surface area (Å²) < 4.78 is 56.2. The maximum atomic E-state index is 13.2. The molecule has 4 rings (SSSR count). The van der Waals surface area contributed by atoms with Gasteiger partial charge in [0, 0.05) is 18.4 Å². The molecule has 1 fully saturated rings. The van der Waals surface area contributed by atoms with E-state index in [1.165, 1.54) is 0 Å². The lowest BCUT2D eigenvalue weighted by Crippen LogP contribution is -2.41. The zero-order valence-electron chi connectivity index (χ0n) is 18.1. The average molecular weight is 491 g/mol. The Balaban J connectivity index is 1.58. The summed E-state index contributed by atoms with van der Waals surface area (Å²) in [4.78, 5) is 25.0. The largest absolute Gasteiger partial charge is 0.460 e. The number of rotatable bonds is 7. The maximum Gasteiger partial charge on any atom is 0.374 e. The van der Waals surface area contributed by atoms with Gasteiger partial charge in [0.05, 0.1) is 23.2 Å². The summed E-state index contributed by atoms with van der Waals surface area (Å²) in [6.45, 7) is 1.07. The molecule has 0 saturated carbocycles. The monoisotopic (exact) mass is 491 g/mol. The molecular formula is C23H22FNO8S. The van der Waals surface area contributed by atoms with E-state index in [4.69, 9.17) is 13.9 Å². The summed E-state index contributed by atoms with van der Waals surface area (Å²) in [7, 11) is -4.21. The van der Waals surface area contributed by atoms with Crippen molar-refractivity contribution in [2.75, 3.05) is 13.2 Å². The van der Waals surface area contributed by atoms with Gasteiger partial charge < -0.3 is 19.0 Å². The first-order chi connectivity index (χ1) is 16.2. The number of aliphatic hydroxyl groups excluding tert-OH is 1. The van der Waals surface area contributed by atoms with E-state index < -0.39 is 39.9 Å². The zero-order valence-corrected chi connectivity index (χ0v) is 19.0. The minimum Gasteiger partial charge on any atom is -0.460 e. The Bertz CT molecular complexity index is 1320. The van der Waals surface area contributed by atoms with Gasteiger partial charge in [0.2, 0.25) is 15.8 Å². The van der Waals surface area contributed by atoms with E-state index in [1.807, 2.05) is 0 Å². The number of para-hydroxylation sites is 1. The highest BCUT2D eigenvalue weighted by Gasteiger charge is 2.44. The fraction of sp³-hybridized carbons (Fsp3) is 0.304. The van der Waals surface area contributed by atoms with Crippen LogP contribution in [0.3, 0.4) is 0 Å². The van der Waals surface area contributed by atoms with Crippen LogP contribution in [0.1, 0.15) is 29.5 Å². The van der Waals surface area contributed by atoms with Crippen LogP contribution in [0.2, 0.25) is 0 Å². The topological polar surface area (TPSA) is 123 Å². The number of nitrogens with zero attached hydrogens (tertiary/aromatic N) is 1. The molecule has 2 aromatic carbocycles. The Morgan fingerprint density at radius 2 is 1.85 bits per heavy atom. The first-order valence-electron chi connectivity index (χ1n) is 10.5. The molecule has 180 valence electrons. The molecule has 1 N–H and O–H groups in total. The number of furan rings is 1. The molecule has 34 heavy (non-hydrogen) atoms. The van der Waals surface area contributed by atoms with Crippen molar-refractivity contribution in [1.82, 2.24) is 4.31 Å². The molecule has 1 aliphatic heterocycles. The van der Waals surface area contributed by atoms with Crippen LogP contribution >= 0.6 is 0 Å². The molecule has 1 saturated heterocycles. The third-order valence-corrected chi connectivity index (χ3v) is 7.33. The van der Waals surface area contributed by atoms with E-state index in [0.29, 0.717) is 11.0 Å². The molecule has 0 spiro atoms. The van der Waals surface area contributed by atoms with E-state index in [2.05, 4.69) is 0 Å². The molecule has 0 radical (unpaired) electrons. The number of aliphatic hydroxyl groups is 1. The van der Waals surface area contributed by atoms with E-state index in [0.717, 1.165) is 28.6 Å². The van der Waals surface area contributed by atoms with Crippen LogP contribution in [0.4, 0.5) is 4.39 Å². The summed E-state index contributed by atoms with van der Waals surface area (Å²) >= 11 is 0. The smallest absolute Gasteiger partial charge is 0.374 e. The van der Waals surface area contributed by atoms with Crippen LogP contribution in [-0.2, 0) is 30.9 Å².